The molecule has 16 heavy (non-hydrogen) atoms. The summed E-state index contributed by atoms with van der Waals surface area (Å²) in [5, 5.41) is 18.7. The maximum atomic E-state index is 13.1. The smallest absolute Gasteiger partial charge is 0.401 e. The van der Waals surface area contributed by atoms with E-state index in [-0.39, 0.29) is 6.07 Å². The zero-order chi connectivity index (χ0) is 12.5. The van der Waals surface area contributed by atoms with Crippen LogP contribution in [0.3, 0.4) is 0 Å². The van der Waals surface area contributed by atoms with E-state index in [1.807, 2.05) is 0 Å². The number of hydrogen-bond acceptors (Lipinski definition) is 4. The summed E-state index contributed by atoms with van der Waals surface area (Å²) >= 11 is 0. The Morgan fingerprint density at radius 3 is 2.50 bits per heavy atom. The summed E-state index contributed by atoms with van der Waals surface area (Å²) in [5.74, 6) is -5.16. The van der Waals surface area contributed by atoms with Crippen molar-refractivity contribution in [3.63, 3.8) is 0 Å². The number of halogens is 3. The lowest BCUT2D eigenvalue weighted by molar-refractivity contribution is -0.392. The number of rotatable bonds is 3. The molecule has 0 atom stereocenters. The van der Waals surface area contributed by atoms with Gasteiger partial charge in [0.25, 0.3) is 0 Å². The molecule has 1 heterocycles. The van der Waals surface area contributed by atoms with Crippen molar-refractivity contribution < 1.29 is 28.0 Å². The van der Waals surface area contributed by atoms with Crippen molar-refractivity contribution in [1.82, 2.24) is 4.98 Å². The number of nitro groups is 1. The summed E-state index contributed by atoms with van der Waals surface area (Å²) in [5.41, 5.74) is -2.37. The van der Waals surface area contributed by atoms with Crippen LogP contribution in [-0.2, 0) is 0 Å². The normalized spacial score (nSPS) is 10.5. The second-order valence-electron chi connectivity index (χ2n) is 2.60. The highest BCUT2D eigenvalue weighted by Gasteiger charge is 2.29. The maximum Gasteiger partial charge on any atom is 0.401 e. The maximum absolute atomic E-state index is 13.1. The molecule has 0 aliphatic carbocycles. The summed E-state index contributed by atoms with van der Waals surface area (Å²) in [7, 11) is 0. The van der Waals surface area contributed by atoms with E-state index >= 15 is 0 Å². The van der Waals surface area contributed by atoms with Crippen molar-refractivity contribution in [2.45, 2.75) is 6.43 Å². The van der Waals surface area contributed by atoms with Gasteiger partial charge in [-0.25, -0.2) is 13.6 Å². The minimum atomic E-state index is -3.22. The molecule has 0 fully saturated rings. The Labute approximate surface area is 85.5 Å². The summed E-state index contributed by atoms with van der Waals surface area (Å²) in [6.07, 6.45) is -3.22. The van der Waals surface area contributed by atoms with Crippen molar-refractivity contribution in [3.8, 4) is 0 Å². The van der Waals surface area contributed by atoms with Crippen molar-refractivity contribution in [1.29, 1.82) is 0 Å². The predicted molar refractivity (Wildman–Crippen MR) is 42.8 cm³/mol. The second-order valence-corrected chi connectivity index (χ2v) is 2.60. The second kappa shape index (κ2) is 4.13. The fourth-order valence-electron chi connectivity index (χ4n) is 0.924. The fraction of sp³-hybridized carbons (Fsp3) is 0.143. The van der Waals surface area contributed by atoms with E-state index in [1.54, 1.807) is 0 Å². The van der Waals surface area contributed by atoms with Gasteiger partial charge in [0.15, 0.2) is 0 Å². The summed E-state index contributed by atoms with van der Waals surface area (Å²) in [6.45, 7) is 0. The molecule has 6 nitrogen and oxygen atoms in total. The fourth-order valence-corrected chi connectivity index (χ4v) is 0.924. The Morgan fingerprint density at radius 1 is 1.56 bits per heavy atom. The Bertz CT molecular complexity index is 428. The third kappa shape index (κ3) is 2.07. The number of hydrogen-bond donors (Lipinski definition) is 1. The molecule has 0 radical (unpaired) electrons. The van der Waals surface area contributed by atoms with Gasteiger partial charge in [-0.05, 0) is 9.91 Å². The van der Waals surface area contributed by atoms with Crippen LogP contribution in [0, 0.1) is 15.9 Å². The number of aromatic carboxylic acids is 1. The molecule has 1 rings (SSSR count). The molecule has 86 valence electrons. The van der Waals surface area contributed by atoms with E-state index in [0.717, 1.165) is 0 Å². The van der Waals surface area contributed by atoms with Gasteiger partial charge in [-0.3, -0.25) is 0 Å². The number of aromatic nitrogens is 1. The zero-order valence-electron chi connectivity index (χ0n) is 7.35. The van der Waals surface area contributed by atoms with Crippen molar-refractivity contribution >= 4 is 11.8 Å². The molecule has 0 aliphatic rings. The van der Waals surface area contributed by atoms with Crippen LogP contribution < -0.4 is 0 Å². The molecule has 0 aromatic carbocycles. The highest BCUT2D eigenvalue weighted by molar-refractivity contribution is 5.88. The predicted octanol–water partition coefficient (Wildman–Crippen LogP) is 1.76. The summed E-state index contributed by atoms with van der Waals surface area (Å²) in [6, 6.07) is 0.259. The topological polar surface area (TPSA) is 93.3 Å². The Morgan fingerprint density at radius 2 is 2.12 bits per heavy atom. The highest BCUT2D eigenvalue weighted by Crippen LogP contribution is 2.25. The van der Waals surface area contributed by atoms with Crippen molar-refractivity contribution in [2.24, 2.45) is 0 Å². The number of alkyl halides is 2. The van der Waals surface area contributed by atoms with E-state index in [9.17, 15) is 28.1 Å². The van der Waals surface area contributed by atoms with Crippen molar-refractivity contribution in [2.75, 3.05) is 0 Å². The van der Waals surface area contributed by atoms with Crippen LogP contribution in [0.4, 0.5) is 19.0 Å². The highest BCUT2D eigenvalue weighted by atomic mass is 19.3. The van der Waals surface area contributed by atoms with Crippen LogP contribution in [0.5, 0.6) is 0 Å². The van der Waals surface area contributed by atoms with Crippen molar-refractivity contribution in [3.05, 3.63) is 33.3 Å². The third-order valence-electron chi connectivity index (χ3n) is 1.59. The van der Waals surface area contributed by atoms with Gasteiger partial charge in [0.2, 0.25) is 11.5 Å². The van der Waals surface area contributed by atoms with Gasteiger partial charge in [0.1, 0.15) is 5.56 Å². The van der Waals surface area contributed by atoms with Gasteiger partial charge in [-0.1, -0.05) is 0 Å². The Kier molecular flexibility index (Phi) is 3.06. The average Bonchev–Trinajstić information content (AvgIpc) is 2.16. The van der Waals surface area contributed by atoms with Gasteiger partial charge in [-0.15, -0.1) is 0 Å². The molecule has 1 N–H and O–H groups in total. The number of carbonyl (C=O) groups is 1. The lowest BCUT2D eigenvalue weighted by Gasteiger charge is -2.00. The number of nitrogens with zero attached hydrogens (tertiary/aromatic N) is 2. The lowest BCUT2D eigenvalue weighted by atomic mass is 10.2. The molecule has 0 saturated carbocycles. The zero-order valence-corrected chi connectivity index (χ0v) is 7.35. The van der Waals surface area contributed by atoms with Crippen LogP contribution in [0.25, 0.3) is 0 Å². The van der Waals surface area contributed by atoms with E-state index in [1.165, 1.54) is 0 Å². The standard InChI is InChI=1S/C7H3F3N2O4/c8-4-2(7(13)14)1-3(5(9)10)11-6(4)12(15)16/h1,5H,(H,13,14). The van der Waals surface area contributed by atoms with Crippen LogP contribution in [0.2, 0.25) is 0 Å². The van der Waals surface area contributed by atoms with E-state index < -0.39 is 40.2 Å². The lowest BCUT2D eigenvalue weighted by Crippen LogP contribution is -2.08. The summed E-state index contributed by atoms with van der Waals surface area (Å²) < 4.78 is 37.5. The number of carboxylic acids is 1. The molecule has 1 aromatic heterocycles. The van der Waals surface area contributed by atoms with Gasteiger partial charge in [0, 0.05) is 6.07 Å². The molecular weight excluding hydrogens is 233 g/mol. The van der Waals surface area contributed by atoms with Gasteiger partial charge >= 0.3 is 18.2 Å². The van der Waals surface area contributed by atoms with Crippen LogP contribution in [0.1, 0.15) is 22.5 Å². The van der Waals surface area contributed by atoms with Gasteiger partial charge < -0.3 is 15.2 Å². The molecule has 0 bridgehead atoms. The molecule has 0 unspecified atom stereocenters. The van der Waals surface area contributed by atoms with E-state index in [2.05, 4.69) is 4.98 Å². The average molecular weight is 236 g/mol. The van der Waals surface area contributed by atoms with Gasteiger partial charge in [0.05, 0.1) is 0 Å². The Balaban J connectivity index is 3.51. The third-order valence-corrected chi connectivity index (χ3v) is 1.59. The Hall–Kier alpha value is -2.19. The first kappa shape index (κ1) is 11.9. The van der Waals surface area contributed by atoms with E-state index in [4.69, 9.17) is 5.11 Å². The van der Waals surface area contributed by atoms with Crippen LogP contribution >= 0.6 is 0 Å². The SMILES string of the molecule is O=C(O)c1cc(C(F)F)nc([N+](=O)[O-])c1F. The van der Waals surface area contributed by atoms with Crippen LogP contribution in [0.15, 0.2) is 6.07 Å². The summed E-state index contributed by atoms with van der Waals surface area (Å²) in [4.78, 5) is 22.0. The van der Waals surface area contributed by atoms with E-state index in [0.29, 0.717) is 0 Å². The number of carboxylic acid groups (broad SMARTS) is 1. The number of pyridine rings is 1. The molecule has 0 spiro atoms. The van der Waals surface area contributed by atoms with Crippen LogP contribution in [-0.4, -0.2) is 21.0 Å². The first-order valence-corrected chi connectivity index (χ1v) is 3.71. The molecule has 9 heteroatoms. The molecule has 0 amide bonds. The first-order chi connectivity index (χ1) is 7.34. The minimum Gasteiger partial charge on any atom is -0.478 e. The molecule has 1 aromatic rings. The quantitative estimate of drug-likeness (QED) is 0.637. The minimum absolute atomic E-state index is 0.259. The monoisotopic (exact) mass is 236 g/mol. The van der Waals surface area contributed by atoms with Gasteiger partial charge in [-0.2, -0.15) is 4.39 Å². The molecule has 0 saturated heterocycles. The first-order valence-electron chi connectivity index (χ1n) is 3.71. The largest absolute Gasteiger partial charge is 0.478 e. The molecular formula is C7H3F3N2O4. The molecule has 0 aliphatic heterocycles.